The molecule has 0 amide bonds. The molecule has 0 aliphatic carbocycles. The van der Waals surface area contributed by atoms with Gasteiger partial charge in [0.25, 0.3) is 0 Å². The molecule has 1 fully saturated rings. The van der Waals surface area contributed by atoms with E-state index < -0.39 is 5.82 Å². The first-order valence-electron chi connectivity index (χ1n) is 6.99. The Morgan fingerprint density at radius 3 is 2.79 bits per heavy atom. The van der Waals surface area contributed by atoms with E-state index in [2.05, 4.69) is 0 Å². The fourth-order valence-corrected chi connectivity index (χ4v) is 2.72. The van der Waals surface area contributed by atoms with Gasteiger partial charge >= 0.3 is 0 Å². The maximum atomic E-state index is 13.9. The van der Waals surface area contributed by atoms with Crippen LogP contribution in [0.15, 0.2) is 12.1 Å². The lowest BCUT2D eigenvalue weighted by molar-refractivity contribution is 0.0104. The van der Waals surface area contributed by atoms with Gasteiger partial charge in [0, 0.05) is 13.0 Å². The molecule has 0 spiro atoms. The van der Waals surface area contributed by atoms with Crippen molar-refractivity contribution in [1.82, 2.24) is 0 Å². The average Bonchev–Trinajstić information content (AvgIpc) is 2.36. The predicted molar refractivity (Wildman–Crippen MR) is 73.0 cm³/mol. The van der Waals surface area contributed by atoms with Crippen molar-refractivity contribution in [2.24, 2.45) is 0 Å². The van der Waals surface area contributed by atoms with Gasteiger partial charge in [-0.05, 0) is 56.7 Å². The Kier molecular flexibility index (Phi) is 4.70. The van der Waals surface area contributed by atoms with E-state index in [-0.39, 0.29) is 17.5 Å². The summed E-state index contributed by atoms with van der Waals surface area (Å²) in [6.07, 6.45) is 4.53. The van der Waals surface area contributed by atoms with Gasteiger partial charge in [0.15, 0.2) is 5.78 Å². The molecule has 0 bridgehead atoms. The van der Waals surface area contributed by atoms with Gasteiger partial charge in [0.1, 0.15) is 5.82 Å². The molecule has 1 saturated heterocycles. The molecule has 0 aromatic heterocycles. The third kappa shape index (κ3) is 3.63. The van der Waals surface area contributed by atoms with Crippen molar-refractivity contribution in [3.8, 4) is 0 Å². The zero-order chi connectivity index (χ0) is 13.8. The van der Waals surface area contributed by atoms with E-state index in [9.17, 15) is 9.18 Å². The molecular weight excluding hydrogens is 243 g/mol. The van der Waals surface area contributed by atoms with Gasteiger partial charge in [-0.15, -0.1) is 0 Å². The SMILES string of the molecule is Cc1cc(C)c(C(=O)CCC2CCCCO2)c(F)c1. The van der Waals surface area contributed by atoms with E-state index in [0.717, 1.165) is 37.0 Å². The number of carbonyl (C=O) groups excluding carboxylic acids is 1. The average molecular weight is 264 g/mol. The molecule has 104 valence electrons. The van der Waals surface area contributed by atoms with E-state index in [4.69, 9.17) is 4.74 Å². The van der Waals surface area contributed by atoms with Gasteiger partial charge in [0.05, 0.1) is 11.7 Å². The summed E-state index contributed by atoms with van der Waals surface area (Å²) in [4.78, 5) is 12.1. The summed E-state index contributed by atoms with van der Waals surface area (Å²) in [5, 5.41) is 0. The van der Waals surface area contributed by atoms with E-state index in [1.165, 1.54) is 6.07 Å². The molecule has 1 aliphatic rings. The molecule has 1 unspecified atom stereocenters. The lowest BCUT2D eigenvalue weighted by atomic mass is 9.96. The number of carbonyl (C=O) groups is 1. The number of rotatable bonds is 4. The number of ketones is 1. The molecule has 2 rings (SSSR count). The Hall–Kier alpha value is -1.22. The minimum atomic E-state index is -0.396. The van der Waals surface area contributed by atoms with Gasteiger partial charge < -0.3 is 4.74 Å². The van der Waals surface area contributed by atoms with Crippen LogP contribution in [0.4, 0.5) is 4.39 Å². The second kappa shape index (κ2) is 6.29. The maximum absolute atomic E-state index is 13.9. The van der Waals surface area contributed by atoms with E-state index in [1.54, 1.807) is 6.92 Å². The molecule has 0 N–H and O–H groups in total. The number of benzene rings is 1. The number of halogens is 1. The standard InChI is InChI=1S/C16H21FO2/c1-11-9-12(2)16(14(17)10-11)15(18)7-6-13-5-3-4-8-19-13/h9-10,13H,3-8H2,1-2H3. The zero-order valence-corrected chi connectivity index (χ0v) is 11.7. The topological polar surface area (TPSA) is 26.3 Å². The summed E-state index contributed by atoms with van der Waals surface area (Å²) in [6, 6.07) is 3.28. The Balaban J connectivity index is 1.99. The summed E-state index contributed by atoms with van der Waals surface area (Å²) in [5.74, 6) is -0.503. The van der Waals surface area contributed by atoms with Gasteiger partial charge in [-0.2, -0.15) is 0 Å². The summed E-state index contributed by atoms with van der Waals surface area (Å²) in [6.45, 7) is 4.41. The molecule has 0 radical (unpaired) electrons. The predicted octanol–water partition coefficient (Wildman–Crippen LogP) is 3.97. The van der Waals surface area contributed by atoms with E-state index in [1.807, 2.05) is 13.0 Å². The molecule has 0 saturated carbocycles. The highest BCUT2D eigenvalue weighted by molar-refractivity contribution is 5.97. The van der Waals surface area contributed by atoms with E-state index in [0.29, 0.717) is 12.8 Å². The lowest BCUT2D eigenvalue weighted by Crippen LogP contribution is -2.20. The summed E-state index contributed by atoms with van der Waals surface area (Å²) >= 11 is 0. The smallest absolute Gasteiger partial charge is 0.166 e. The summed E-state index contributed by atoms with van der Waals surface area (Å²) in [7, 11) is 0. The fraction of sp³-hybridized carbons (Fsp3) is 0.562. The van der Waals surface area contributed by atoms with Crippen molar-refractivity contribution in [3.63, 3.8) is 0 Å². The van der Waals surface area contributed by atoms with Gasteiger partial charge in [0.2, 0.25) is 0 Å². The largest absolute Gasteiger partial charge is 0.378 e. The number of Topliss-reactive ketones (excluding diaryl/α,β-unsaturated/α-hetero) is 1. The molecule has 1 heterocycles. The van der Waals surface area contributed by atoms with Crippen molar-refractivity contribution in [2.75, 3.05) is 6.61 Å². The van der Waals surface area contributed by atoms with Crippen LogP contribution in [0, 0.1) is 19.7 Å². The molecule has 1 aliphatic heterocycles. The quantitative estimate of drug-likeness (QED) is 0.769. The Morgan fingerprint density at radius 2 is 2.16 bits per heavy atom. The van der Waals surface area contributed by atoms with Crippen molar-refractivity contribution in [3.05, 3.63) is 34.6 Å². The lowest BCUT2D eigenvalue weighted by Gasteiger charge is -2.22. The van der Waals surface area contributed by atoms with Crippen LogP contribution in [0.3, 0.4) is 0 Å². The Morgan fingerprint density at radius 1 is 1.37 bits per heavy atom. The molecule has 1 atom stereocenters. The zero-order valence-electron chi connectivity index (χ0n) is 11.7. The van der Waals surface area contributed by atoms with Crippen molar-refractivity contribution in [2.45, 2.75) is 52.1 Å². The second-order valence-corrected chi connectivity index (χ2v) is 5.39. The molecule has 2 nitrogen and oxygen atoms in total. The second-order valence-electron chi connectivity index (χ2n) is 5.39. The van der Waals surface area contributed by atoms with Crippen LogP contribution in [0.2, 0.25) is 0 Å². The first-order chi connectivity index (χ1) is 9.08. The molecule has 19 heavy (non-hydrogen) atoms. The highest BCUT2D eigenvalue weighted by Crippen LogP contribution is 2.21. The van der Waals surface area contributed by atoms with Crippen LogP contribution in [-0.2, 0) is 4.74 Å². The molecule has 3 heteroatoms. The van der Waals surface area contributed by atoms with Crippen LogP contribution >= 0.6 is 0 Å². The van der Waals surface area contributed by atoms with Crippen LogP contribution < -0.4 is 0 Å². The highest BCUT2D eigenvalue weighted by Gasteiger charge is 2.19. The summed E-state index contributed by atoms with van der Waals surface area (Å²) < 4.78 is 19.5. The highest BCUT2D eigenvalue weighted by atomic mass is 19.1. The minimum Gasteiger partial charge on any atom is -0.378 e. The van der Waals surface area contributed by atoms with Crippen LogP contribution in [0.1, 0.15) is 53.6 Å². The first-order valence-corrected chi connectivity index (χ1v) is 6.99. The van der Waals surface area contributed by atoms with Gasteiger partial charge in [-0.25, -0.2) is 4.39 Å². The normalized spacial score (nSPS) is 19.4. The molecule has 1 aromatic carbocycles. The summed E-state index contributed by atoms with van der Waals surface area (Å²) in [5.41, 5.74) is 1.83. The van der Waals surface area contributed by atoms with Crippen molar-refractivity contribution in [1.29, 1.82) is 0 Å². The minimum absolute atomic E-state index is 0.107. The Bertz CT molecular complexity index is 439. The van der Waals surface area contributed by atoms with Gasteiger partial charge in [-0.1, -0.05) is 6.07 Å². The first kappa shape index (κ1) is 14.2. The number of aryl methyl sites for hydroxylation is 2. The van der Waals surface area contributed by atoms with Crippen LogP contribution in [-0.4, -0.2) is 18.5 Å². The van der Waals surface area contributed by atoms with Crippen molar-refractivity contribution >= 4 is 5.78 Å². The van der Waals surface area contributed by atoms with Crippen LogP contribution in [0.25, 0.3) is 0 Å². The number of hydrogen-bond acceptors (Lipinski definition) is 2. The maximum Gasteiger partial charge on any atom is 0.166 e. The molecule has 1 aromatic rings. The Labute approximate surface area is 114 Å². The van der Waals surface area contributed by atoms with Gasteiger partial charge in [-0.3, -0.25) is 4.79 Å². The third-order valence-electron chi connectivity index (χ3n) is 3.68. The monoisotopic (exact) mass is 264 g/mol. The number of hydrogen-bond donors (Lipinski definition) is 0. The third-order valence-corrected chi connectivity index (χ3v) is 3.68. The number of ether oxygens (including phenoxy) is 1. The van der Waals surface area contributed by atoms with E-state index >= 15 is 0 Å². The van der Waals surface area contributed by atoms with Crippen molar-refractivity contribution < 1.29 is 13.9 Å². The molecular formula is C16H21FO2. The fourth-order valence-electron chi connectivity index (χ4n) is 2.72. The van der Waals surface area contributed by atoms with Crippen LogP contribution in [0.5, 0.6) is 0 Å².